The summed E-state index contributed by atoms with van der Waals surface area (Å²) in [5.41, 5.74) is 24.6. The maximum Gasteiger partial charge on any atom is 0.0714 e. The van der Waals surface area contributed by atoms with Gasteiger partial charge in [0.1, 0.15) is 0 Å². The number of nitrogens with zero attached hydrogens (tertiary/aromatic N) is 1. The predicted molar refractivity (Wildman–Crippen MR) is 266 cm³/mol. The molecule has 0 aliphatic heterocycles. The van der Waals surface area contributed by atoms with Crippen molar-refractivity contribution in [1.82, 2.24) is 0 Å². The molecule has 0 unspecified atom stereocenters. The van der Waals surface area contributed by atoms with E-state index in [-0.39, 0.29) is 10.8 Å². The van der Waals surface area contributed by atoms with Crippen molar-refractivity contribution in [2.24, 2.45) is 0 Å². The van der Waals surface area contributed by atoms with Crippen molar-refractivity contribution in [3.05, 3.63) is 257 Å². The second-order valence-corrected chi connectivity index (χ2v) is 19.1. The lowest BCUT2D eigenvalue weighted by molar-refractivity contribution is 0.550. The van der Waals surface area contributed by atoms with Crippen molar-refractivity contribution in [3.8, 4) is 44.5 Å². The van der Waals surface area contributed by atoms with Crippen LogP contribution in [-0.4, -0.2) is 0 Å². The zero-order valence-corrected chi connectivity index (χ0v) is 36.5. The van der Waals surface area contributed by atoms with Crippen molar-refractivity contribution in [1.29, 1.82) is 0 Å². The summed E-state index contributed by atoms with van der Waals surface area (Å²) >= 11 is 0. The average Bonchev–Trinajstić information content (AvgIpc) is 4.10. The highest BCUT2D eigenvalue weighted by atomic mass is 15.1. The fraction of sp³-hybridized carbons (Fsp3) is 0.143. The first-order chi connectivity index (χ1) is 31.5. The molecule has 1 nitrogen and oxygen atoms in total. The molecule has 1 fully saturated rings. The standard InChI is InChI=1S/C63H49N/c1-61(2)53-28-12-9-24-49(53)51-27-17-26-47(60(51)61)42-33-35-45(36-34-42)64(46-37-38-50-48-23-10-13-29-54(48)62(57(50)41-46)39-15-16-40-62)58-32-18-31-56-59(58)52-25-11-14-30-55(52)63(56,43-19-5-3-6-20-43)44-21-7-4-8-22-44/h3-14,17-38,41H,15-16,39-40H2,1-2H3. The molecule has 1 spiro atoms. The molecule has 306 valence electrons. The van der Waals surface area contributed by atoms with Crippen LogP contribution in [0.1, 0.15) is 84.0 Å². The zero-order chi connectivity index (χ0) is 42.6. The maximum atomic E-state index is 2.58. The van der Waals surface area contributed by atoms with Crippen LogP contribution in [0.15, 0.2) is 212 Å². The van der Waals surface area contributed by atoms with Gasteiger partial charge in [-0.3, -0.25) is 0 Å². The Balaban J connectivity index is 1.05. The molecule has 1 saturated carbocycles. The molecule has 0 atom stereocenters. The first-order valence-electron chi connectivity index (χ1n) is 23.2. The van der Waals surface area contributed by atoms with Crippen molar-refractivity contribution < 1.29 is 0 Å². The lowest BCUT2D eigenvalue weighted by Crippen LogP contribution is -2.28. The van der Waals surface area contributed by atoms with E-state index in [0.29, 0.717) is 0 Å². The molecular weight excluding hydrogens is 771 g/mol. The van der Waals surface area contributed by atoms with Crippen molar-refractivity contribution in [3.63, 3.8) is 0 Å². The normalized spacial score (nSPS) is 16.1. The number of benzene rings is 9. The quantitative estimate of drug-likeness (QED) is 0.162. The molecule has 0 bridgehead atoms. The van der Waals surface area contributed by atoms with E-state index in [4.69, 9.17) is 0 Å². The summed E-state index contributed by atoms with van der Waals surface area (Å²) in [7, 11) is 0. The molecular formula is C63H49N. The molecule has 0 heterocycles. The van der Waals surface area contributed by atoms with E-state index in [9.17, 15) is 0 Å². The number of hydrogen-bond acceptors (Lipinski definition) is 1. The Morgan fingerprint density at radius 3 is 1.59 bits per heavy atom. The van der Waals surface area contributed by atoms with Gasteiger partial charge in [0.05, 0.1) is 11.1 Å². The summed E-state index contributed by atoms with van der Waals surface area (Å²) in [6, 6.07) is 80.5. The average molecular weight is 820 g/mol. The third-order valence-electron chi connectivity index (χ3n) is 15.7. The van der Waals surface area contributed by atoms with Gasteiger partial charge in [-0.05, 0) is 127 Å². The highest BCUT2D eigenvalue weighted by molar-refractivity contribution is 5.98. The van der Waals surface area contributed by atoms with Crippen LogP contribution < -0.4 is 4.90 Å². The van der Waals surface area contributed by atoms with Gasteiger partial charge in [0, 0.05) is 27.8 Å². The molecule has 9 aromatic rings. The molecule has 4 aliphatic carbocycles. The summed E-state index contributed by atoms with van der Waals surface area (Å²) in [5.74, 6) is 0. The number of rotatable bonds is 6. The van der Waals surface area contributed by atoms with Crippen molar-refractivity contribution in [2.75, 3.05) is 4.90 Å². The first-order valence-corrected chi connectivity index (χ1v) is 23.2. The lowest BCUT2D eigenvalue weighted by Gasteiger charge is -2.34. The molecule has 13 rings (SSSR count). The molecule has 0 aromatic heterocycles. The summed E-state index contributed by atoms with van der Waals surface area (Å²) in [6.45, 7) is 4.78. The molecule has 64 heavy (non-hydrogen) atoms. The Bertz CT molecular complexity index is 3250. The van der Waals surface area contributed by atoms with Gasteiger partial charge in [0.25, 0.3) is 0 Å². The van der Waals surface area contributed by atoms with Gasteiger partial charge in [-0.1, -0.05) is 209 Å². The second-order valence-electron chi connectivity index (χ2n) is 19.1. The van der Waals surface area contributed by atoms with Crippen LogP contribution >= 0.6 is 0 Å². The predicted octanol–water partition coefficient (Wildman–Crippen LogP) is 16.3. The minimum atomic E-state index is -0.495. The van der Waals surface area contributed by atoms with E-state index in [0.717, 1.165) is 5.69 Å². The van der Waals surface area contributed by atoms with E-state index in [1.54, 1.807) is 0 Å². The summed E-state index contributed by atoms with van der Waals surface area (Å²) in [5, 5.41) is 0. The van der Waals surface area contributed by atoms with Gasteiger partial charge in [0.15, 0.2) is 0 Å². The first kappa shape index (κ1) is 37.3. The van der Waals surface area contributed by atoms with Gasteiger partial charge in [-0.15, -0.1) is 0 Å². The van der Waals surface area contributed by atoms with Crippen molar-refractivity contribution in [2.45, 2.75) is 55.8 Å². The zero-order valence-electron chi connectivity index (χ0n) is 36.5. The highest BCUT2D eigenvalue weighted by Crippen LogP contribution is 2.61. The maximum absolute atomic E-state index is 2.58. The topological polar surface area (TPSA) is 3.24 Å². The van der Waals surface area contributed by atoms with Gasteiger partial charge < -0.3 is 4.90 Å². The summed E-state index contributed by atoms with van der Waals surface area (Å²) in [6.07, 6.45) is 4.92. The van der Waals surface area contributed by atoms with Gasteiger partial charge in [-0.2, -0.15) is 0 Å². The van der Waals surface area contributed by atoms with Gasteiger partial charge in [-0.25, -0.2) is 0 Å². The number of anilines is 3. The van der Waals surface area contributed by atoms with Crippen LogP contribution in [0.2, 0.25) is 0 Å². The van der Waals surface area contributed by atoms with E-state index in [1.165, 1.54) is 126 Å². The minimum absolute atomic E-state index is 0.0521. The molecule has 0 amide bonds. The van der Waals surface area contributed by atoms with E-state index >= 15 is 0 Å². The molecule has 0 radical (unpaired) electrons. The summed E-state index contributed by atoms with van der Waals surface area (Å²) in [4.78, 5) is 2.58. The van der Waals surface area contributed by atoms with Gasteiger partial charge >= 0.3 is 0 Å². The molecule has 0 saturated heterocycles. The van der Waals surface area contributed by atoms with Crippen LogP contribution in [0.3, 0.4) is 0 Å². The Morgan fingerprint density at radius 1 is 0.375 bits per heavy atom. The Hall–Kier alpha value is -7.22. The smallest absolute Gasteiger partial charge is 0.0714 e. The fourth-order valence-electron chi connectivity index (χ4n) is 13.1. The molecule has 9 aromatic carbocycles. The third-order valence-corrected chi connectivity index (χ3v) is 15.7. The largest absolute Gasteiger partial charge is 0.310 e. The monoisotopic (exact) mass is 819 g/mol. The number of hydrogen-bond donors (Lipinski definition) is 0. The SMILES string of the molecule is CC1(C)c2ccccc2-c2cccc(-c3ccc(N(c4ccc5c(c4)C4(CCCC4)c4ccccc4-5)c4cccc5c4-c4ccccc4C5(c4ccccc4)c4ccccc4)cc3)c21. The second kappa shape index (κ2) is 13.9. The van der Waals surface area contributed by atoms with E-state index in [2.05, 4.69) is 231 Å². The number of fused-ring (bicyclic) bond motifs is 11. The highest BCUT2D eigenvalue weighted by Gasteiger charge is 2.48. The van der Waals surface area contributed by atoms with E-state index in [1.807, 2.05) is 0 Å². The van der Waals surface area contributed by atoms with Crippen LogP contribution in [0.5, 0.6) is 0 Å². The minimum Gasteiger partial charge on any atom is -0.310 e. The van der Waals surface area contributed by atoms with E-state index < -0.39 is 5.41 Å². The summed E-state index contributed by atoms with van der Waals surface area (Å²) < 4.78 is 0. The molecule has 1 heteroatoms. The Kier molecular flexibility index (Phi) is 8.10. The fourth-order valence-corrected chi connectivity index (χ4v) is 13.1. The Labute approximate surface area is 377 Å². The molecule has 4 aliphatic rings. The molecule has 0 N–H and O–H groups in total. The lowest BCUT2D eigenvalue weighted by atomic mass is 9.68. The third kappa shape index (κ3) is 5.01. The van der Waals surface area contributed by atoms with Gasteiger partial charge in [0.2, 0.25) is 0 Å². The van der Waals surface area contributed by atoms with Crippen LogP contribution in [-0.2, 0) is 16.2 Å². The van der Waals surface area contributed by atoms with Crippen LogP contribution in [0.4, 0.5) is 17.1 Å². The van der Waals surface area contributed by atoms with Crippen LogP contribution in [0, 0.1) is 0 Å². The van der Waals surface area contributed by atoms with Crippen molar-refractivity contribution >= 4 is 17.1 Å². The Morgan fingerprint density at radius 2 is 0.891 bits per heavy atom. The van der Waals surface area contributed by atoms with Crippen LogP contribution in [0.25, 0.3) is 44.5 Å².